The zero-order chi connectivity index (χ0) is 13.5. The number of unbranched alkanes of at least 4 members (excludes halogenated alkanes) is 1. The number of hydrogen-bond acceptors (Lipinski definition) is 5. The molecule has 1 amide bonds. The number of nitrogens with zero attached hydrogens (tertiary/aromatic N) is 2. The van der Waals surface area contributed by atoms with E-state index >= 15 is 0 Å². The smallest absolute Gasteiger partial charge is 0.326 e. The first kappa shape index (κ1) is 13.9. The van der Waals surface area contributed by atoms with Crippen LogP contribution in [0, 0.1) is 0 Å². The lowest BCUT2D eigenvalue weighted by Gasteiger charge is -2.13. The van der Waals surface area contributed by atoms with Gasteiger partial charge in [-0.15, -0.1) is 10.2 Å². The van der Waals surface area contributed by atoms with Gasteiger partial charge in [0.15, 0.2) is 5.69 Å². The van der Waals surface area contributed by atoms with Crippen molar-refractivity contribution in [2.24, 2.45) is 5.73 Å². The zero-order valence-corrected chi connectivity index (χ0v) is 10.1. The average Bonchev–Trinajstić information content (AvgIpc) is 2.34. The number of nitrogens with two attached hydrogens (primary N) is 1. The van der Waals surface area contributed by atoms with Crippen molar-refractivity contribution in [3.63, 3.8) is 0 Å². The number of carboxylic acid groups (broad SMARTS) is 1. The molecular weight excluding hydrogens is 236 g/mol. The number of rotatable bonds is 7. The first-order valence-corrected chi connectivity index (χ1v) is 5.67. The van der Waals surface area contributed by atoms with Crippen molar-refractivity contribution in [1.82, 2.24) is 10.2 Å². The van der Waals surface area contributed by atoms with E-state index in [1.54, 1.807) is 0 Å². The Morgan fingerprint density at radius 1 is 1.44 bits per heavy atom. The largest absolute Gasteiger partial charge is 0.480 e. The first-order chi connectivity index (χ1) is 8.54. The minimum Gasteiger partial charge on any atom is -0.480 e. The quantitative estimate of drug-likeness (QED) is 0.655. The van der Waals surface area contributed by atoms with Gasteiger partial charge in [0.1, 0.15) is 11.9 Å². The molecule has 0 unspecified atom stereocenters. The maximum Gasteiger partial charge on any atom is 0.326 e. The number of aliphatic carboxylic acids is 1. The van der Waals surface area contributed by atoms with Crippen LogP contribution >= 0.6 is 0 Å². The third-order valence-electron chi connectivity index (χ3n) is 2.38. The van der Waals surface area contributed by atoms with E-state index in [0.29, 0.717) is 12.2 Å². The first-order valence-electron chi connectivity index (χ1n) is 5.67. The Hall–Kier alpha value is -2.18. The summed E-state index contributed by atoms with van der Waals surface area (Å²) in [5, 5.41) is 19.1. The number of hydrogen-bond donors (Lipinski definition) is 3. The molecule has 0 saturated heterocycles. The van der Waals surface area contributed by atoms with Crippen LogP contribution in [-0.4, -0.2) is 33.2 Å². The lowest BCUT2D eigenvalue weighted by molar-refractivity contribution is -0.138. The molecule has 0 fully saturated rings. The van der Waals surface area contributed by atoms with E-state index in [2.05, 4.69) is 15.5 Å². The highest BCUT2D eigenvalue weighted by atomic mass is 16.4. The summed E-state index contributed by atoms with van der Waals surface area (Å²) in [5.41, 5.74) is 5.07. The molecule has 0 radical (unpaired) electrons. The standard InChI is InChI=1S/C11H16N4O3/c1-2-3-4-8(11(17)18)13-9-6-5-7(10(12)16)14-15-9/h5-6,8H,2-4H2,1H3,(H2,12,16)(H,13,15)(H,17,18)/t8-/m0/s1. The Kier molecular flexibility index (Phi) is 5.04. The molecule has 7 heteroatoms. The summed E-state index contributed by atoms with van der Waals surface area (Å²) in [7, 11) is 0. The van der Waals surface area contributed by atoms with E-state index in [1.165, 1.54) is 12.1 Å². The van der Waals surface area contributed by atoms with Crippen LogP contribution in [0.3, 0.4) is 0 Å². The highest BCUT2D eigenvalue weighted by Crippen LogP contribution is 2.09. The van der Waals surface area contributed by atoms with Gasteiger partial charge in [-0.2, -0.15) is 0 Å². The number of nitrogens with one attached hydrogen (secondary N) is 1. The van der Waals surface area contributed by atoms with Crippen LogP contribution in [0.25, 0.3) is 0 Å². The minimum atomic E-state index is -0.941. The van der Waals surface area contributed by atoms with Gasteiger partial charge in [-0.3, -0.25) is 4.79 Å². The Morgan fingerprint density at radius 2 is 2.17 bits per heavy atom. The van der Waals surface area contributed by atoms with E-state index in [9.17, 15) is 9.59 Å². The maximum absolute atomic E-state index is 11.0. The van der Waals surface area contributed by atoms with Gasteiger partial charge in [0.05, 0.1) is 0 Å². The van der Waals surface area contributed by atoms with Crippen LogP contribution in [-0.2, 0) is 4.79 Å². The predicted molar refractivity (Wildman–Crippen MR) is 65.1 cm³/mol. The predicted octanol–water partition coefficient (Wildman–Crippen LogP) is 0.631. The number of carbonyl (C=O) groups excluding carboxylic acids is 1. The van der Waals surface area contributed by atoms with Crippen LogP contribution in [0.4, 0.5) is 5.82 Å². The molecule has 7 nitrogen and oxygen atoms in total. The van der Waals surface area contributed by atoms with Crippen LogP contribution in [0.5, 0.6) is 0 Å². The minimum absolute atomic E-state index is 0.0426. The third-order valence-corrected chi connectivity index (χ3v) is 2.38. The highest BCUT2D eigenvalue weighted by Gasteiger charge is 2.17. The molecule has 18 heavy (non-hydrogen) atoms. The second kappa shape index (κ2) is 6.53. The van der Waals surface area contributed by atoms with Crippen molar-refractivity contribution in [2.75, 3.05) is 5.32 Å². The lowest BCUT2D eigenvalue weighted by Crippen LogP contribution is -2.29. The van der Waals surface area contributed by atoms with Crippen LogP contribution in [0.1, 0.15) is 36.7 Å². The van der Waals surface area contributed by atoms with Crippen molar-refractivity contribution in [3.8, 4) is 0 Å². The number of carboxylic acids is 1. The Labute approximate surface area is 104 Å². The monoisotopic (exact) mass is 252 g/mol. The van der Waals surface area contributed by atoms with Gasteiger partial charge in [-0.05, 0) is 18.6 Å². The number of amides is 1. The van der Waals surface area contributed by atoms with Crippen LogP contribution in [0.15, 0.2) is 12.1 Å². The Bertz CT molecular complexity index is 419. The average molecular weight is 252 g/mol. The molecule has 0 aliphatic heterocycles. The van der Waals surface area contributed by atoms with E-state index in [0.717, 1.165) is 12.8 Å². The van der Waals surface area contributed by atoms with Gasteiger partial charge in [0.2, 0.25) is 0 Å². The van der Waals surface area contributed by atoms with Crippen molar-refractivity contribution in [1.29, 1.82) is 0 Å². The highest BCUT2D eigenvalue weighted by molar-refractivity contribution is 5.90. The summed E-state index contributed by atoms with van der Waals surface area (Å²) < 4.78 is 0. The van der Waals surface area contributed by atoms with Gasteiger partial charge in [-0.25, -0.2) is 4.79 Å². The zero-order valence-electron chi connectivity index (χ0n) is 10.1. The fourth-order valence-electron chi connectivity index (χ4n) is 1.38. The summed E-state index contributed by atoms with van der Waals surface area (Å²) in [5.74, 6) is -1.30. The summed E-state index contributed by atoms with van der Waals surface area (Å²) in [6.07, 6.45) is 2.22. The van der Waals surface area contributed by atoms with E-state index < -0.39 is 17.9 Å². The Morgan fingerprint density at radius 3 is 2.61 bits per heavy atom. The third kappa shape index (κ3) is 4.00. The van der Waals surface area contributed by atoms with E-state index in [4.69, 9.17) is 10.8 Å². The molecule has 0 bridgehead atoms. The van der Waals surface area contributed by atoms with Crippen molar-refractivity contribution in [2.45, 2.75) is 32.2 Å². The van der Waals surface area contributed by atoms with Gasteiger partial charge < -0.3 is 16.2 Å². The molecule has 1 rings (SSSR count). The van der Waals surface area contributed by atoms with Crippen LogP contribution in [0.2, 0.25) is 0 Å². The molecule has 0 spiro atoms. The Balaban J connectivity index is 2.68. The summed E-state index contributed by atoms with van der Waals surface area (Å²) in [6, 6.07) is 2.17. The second-order valence-electron chi connectivity index (χ2n) is 3.85. The molecule has 4 N–H and O–H groups in total. The normalized spacial score (nSPS) is 11.8. The fraction of sp³-hybridized carbons (Fsp3) is 0.455. The molecule has 0 aromatic carbocycles. The summed E-state index contributed by atoms with van der Waals surface area (Å²) >= 11 is 0. The molecule has 1 aromatic rings. The van der Waals surface area contributed by atoms with Gasteiger partial charge in [-0.1, -0.05) is 19.8 Å². The number of aromatic nitrogens is 2. The van der Waals surface area contributed by atoms with Crippen molar-refractivity contribution in [3.05, 3.63) is 17.8 Å². The van der Waals surface area contributed by atoms with Crippen LogP contribution < -0.4 is 11.1 Å². The summed E-state index contributed by atoms with van der Waals surface area (Å²) in [4.78, 5) is 21.8. The fourth-order valence-corrected chi connectivity index (χ4v) is 1.38. The molecule has 1 heterocycles. The topological polar surface area (TPSA) is 118 Å². The number of primary amides is 1. The van der Waals surface area contributed by atoms with Gasteiger partial charge in [0, 0.05) is 0 Å². The van der Waals surface area contributed by atoms with E-state index in [-0.39, 0.29) is 5.69 Å². The van der Waals surface area contributed by atoms with E-state index in [1.807, 2.05) is 6.92 Å². The summed E-state index contributed by atoms with van der Waals surface area (Å²) in [6.45, 7) is 1.99. The van der Waals surface area contributed by atoms with Crippen molar-refractivity contribution >= 4 is 17.7 Å². The molecule has 0 aliphatic rings. The SMILES string of the molecule is CCCC[C@H](Nc1ccc(C(N)=O)nn1)C(=O)O. The molecule has 0 saturated carbocycles. The number of anilines is 1. The molecule has 98 valence electrons. The van der Waals surface area contributed by atoms with Crippen molar-refractivity contribution < 1.29 is 14.7 Å². The second-order valence-corrected chi connectivity index (χ2v) is 3.85. The molecular formula is C11H16N4O3. The van der Waals surface area contributed by atoms with Gasteiger partial charge >= 0.3 is 5.97 Å². The molecule has 1 atom stereocenters. The molecule has 0 aliphatic carbocycles. The lowest BCUT2D eigenvalue weighted by atomic mass is 10.1. The van der Waals surface area contributed by atoms with Gasteiger partial charge in [0.25, 0.3) is 5.91 Å². The molecule has 1 aromatic heterocycles. The number of carbonyl (C=O) groups is 2. The maximum atomic E-state index is 11.0.